The summed E-state index contributed by atoms with van der Waals surface area (Å²) in [7, 11) is -4.46. The van der Waals surface area contributed by atoms with E-state index in [1.807, 2.05) is 41.5 Å². The molecule has 2 aliphatic heterocycles. The summed E-state index contributed by atoms with van der Waals surface area (Å²) in [5, 5.41) is 3.25. The van der Waals surface area contributed by atoms with E-state index in [1.165, 1.54) is 0 Å². The third-order valence-electron chi connectivity index (χ3n) is 7.51. The predicted molar refractivity (Wildman–Crippen MR) is 163 cm³/mol. The topological polar surface area (TPSA) is 127 Å². The predicted octanol–water partition coefficient (Wildman–Crippen LogP) is 4.51. The largest absolute Gasteiger partial charge is 0.472 e. The monoisotopic (exact) mass is 619 g/mol. The average molecular weight is 620 g/mol. The summed E-state index contributed by atoms with van der Waals surface area (Å²) in [4.78, 5) is 40.2. The van der Waals surface area contributed by atoms with Gasteiger partial charge in [0.2, 0.25) is 11.8 Å². The summed E-state index contributed by atoms with van der Waals surface area (Å²) in [6, 6.07) is -0.359. The van der Waals surface area contributed by atoms with E-state index in [0.717, 1.165) is 19.3 Å². The Labute approximate surface area is 254 Å². The van der Waals surface area contributed by atoms with E-state index >= 15 is 0 Å². The molecule has 5 atom stereocenters. The first-order valence-corrected chi connectivity index (χ1v) is 17.4. The summed E-state index contributed by atoms with van der Waals surface area (Å²) < 4.78 is 35.9. The Morgan fingerprint density at radius 1 is 0.857 bits per heavy atom. The van der Waals surface area contributed by atoms with E-state index in [1.54, 1.807) is 9.80 Å². The van der Waals surface area contributed by atoms with Crippen molar-refractivity contribution < 1.29 is 37.6 Å². The minimum Gasteiger partial charge on any atom is -0.377 e. The first kappa shape index (κ1) is 37.1. The summed E-state index contributed by atoms with van der Waals surface area (Å²) >= 11 is 0. The highest BCUT2D eigenvalue weighted by molar-refractivity contribution is 7.47. The fraction of sp³-hybridized carbons (Fsp3) is 0.933. The third kappa shape index (κ3) is 13.7. The fourth-order valence-corrected chi connectivity index (χ4v) is 6.47. The van der Waals surface area contributed by atoms with Gasteiger partial charge in [-0.15, -0.1) is 0 Å². The Kier molecular flexibility index (Phi) is 15.9. The molecule has 0 spiro atoms. The second-order valence-electron chi connectivity index (χ2n) is 13.1. The van der Waals surface area contributed by atoms with Gasteiger partial charge in [-0.1, -0.05) is 40.5 Å². The number of hydrogen-bond donors (Lipinski definition) is 2. The molecule has 12 heteroatoms. The van der Waals surface area contributed by atoms with Crippen LogP contribution in [0.4, 0.5) is 0 Å². The standard InChI is InChI=1S/C30H58N3O8P/c1-21(2)11-9-10-12-29(34)32-17-27(40-24(7)8)15-26(32)20-39-42(36,37)41-28-16-25(19-38-23(5)6)33(18-28)30(35)13-14-31-22(3)4/h21-28,31H,9-20H2,1-8H3,(H,36,37)/t25-,26-,27+,28+/m0/s1. The maximum atomic E-state index is 13.1. The molecule has 2 amide bonds. The minimum absolute atomic E-state index is 0.00624. The molecule has 0 aromatic rings. The molecule has 0 aromatic heterocycles. The van der Waals surface area contributed by atoms with Crippen molar-refractivity contribution >= 4 is 19.6 Å². The van der Waals surface area contributed by atoms with E-state index in [9.17, 15) is 19.0 Å². The molecule has 1 unspecified atom stereocenters. The number of phosphoric acid groups is 1. The van der Waals surface area contributed by atoms with Crippen LogP contribution in [0.1, 0.15) is 100 Å². The molecule has 42 heavy (non-hydrogen) atoms. The summed E-state index contributed by atoms with van der Waals surface area (Å²) in [6.45, 7) is 17.5. The van der Waals surface area contributed by atoms with E-state index in [0.29, 0.717) is 51.3 Å². The van der Waals surface area contributed by atoms with Gasteiger partial charge in [-0.25, -0.2) is 4.57 Å². The smallest absolute Gasteiger partial charge is 0.377 e. The van der Waals surface area contributed by atoms with Gasteiger partial charge in [0.05, 0.1) is 49.7 Å². The molecule has 11 nitrogen and oxygen atoms in total. The summed E-state index contributed by atoms with van der Waals surface area (Å²) in [6.07, 6.45) is 3.71. The first-order valence-electron chi connectivity index (χ1n) is 15.9. The SMILES string of the molecule is CC(C)CCCCC(=O)N1C[C@H](OC(C)C)C[C@H]1COP(=O)(O)O[C@@H]1C[C@@H](COC(C)C)N(C(=O)CCNC(C)C)C1. The zero-order chi connectivity index (χ0) is 31.4. The maximum absolute atomic E-state index is 13.1. The number of rotatable bonds is 19. The van der Waals surface area contributed by atoms with Gasteiger partial charge in [-0.3, -0.25) is 18.6 Å². The van der Waals surface area contributed by atoms with Gasteiger partial charge in [-0.05, 0) is 52.9 Å². The van der Waals surface area contributed by atoms with Crippen molar-refractivity contribution in [1.82, 2.24) is 15.1 Å². The quantitative estimate of drug-likeness (QED) is 0.159. The molecule has 0 saturated carbocycles. The molecule has 2 saturated heterocycles. The van der Waals surface area contributed by atoms with Crippen molar-refractivity contribution in [3.8, 4) is 0 Å². The van der Waals surface area contributed by atoms with Gasteiger partial charge in [0, 0.05) is 38.5 Å². The van der Waals surface area contributed by atoms with Crippen molar-refractivity contribution in [2.45, 2.75) is 143 Å². The van der Waals surface area contributed by atoms with Crippen LogP contribution in [0, 0.1) is 5.92 Å². The van der Waals surface area contributed by atoms with E-state index < -0.39 is 13.9 Å². The number of nitrogens with zero attached hydrogens (tertiary/aromatic N) is 2. The number of phosphoric ester groups is 1. The fourth-order valence-electron chi connectivity index (χ4n) is 5.52. The Morgan fingerprint density at radius 3 is 2.05 bits per heavy atom. The van der Waals surface area contributed by atoms with Crippen LogP contribution in [0.25, 0.3) is 0 Å². The lowest BCUT2D eigenvalue weighted by molar-refractivity contribution is -0.134. The van der Waals surface area contributed by atoms with Crippen LogP contribution in [0.2, 0.25) is 0 Å². The van der Waals surface area contributed by atoms with Crippen molar-refractivity contribution in [3.63, 3.8) is 0 Å². The third-order valence-corrected chi connectivity index (χ3v) is 8.55. The minimum atomic E-state index is -4.46. The molecule has 2 rings (SSSR count). The Hall–Kier alpha value is -1.07. The number of unbranched alkanes of at least 4 members (excludes halogenated alkanes) is 1. The van der Waals surface area contributed by atoms with Crippen LogP contribution < -0.4 is 5.32 Å². The normalized spacial score (nSPS) is 24.5. The van der Waals surface area contributed by atoms with Gasteiger partial charge in [-0.2, -0.15) is 0 Å². The van der Waals surface area contributed by atoms with Crippen molar-refractivity contribution in [3.05, 3.63) is 0 Å². The zero-order valence-electron chi connectivity index (χ0n) is 27.3. The Balaban J connectivity index is 1.98. The number of carbonyl (C=O) groups excluding carboxylic acids is 2. The molecular weight excluding hydrogens is 561 g/mol. The van der Waals surface area contributed by atoms with Crippen LogP contribution in [-0.4, -0.2) is 102 Å². The van der Waals surface area contributed by atoms with Crippen LogP contribution in [0.3, 0.4) is 0 Å². The molecule has 2 N–H and O–H groups in total. The van der Waals surface area contributed by atoms with E-state index in [-0.39, 0.29) is 61.4 Å². The second-order valence-corrected chi connectivity index (χ2v) is 14.5. The number of amides is 2. The van der Waals surface area contributed by atoms with Gasteiger partial charge in [0.25, 0.3) is 0 Å². The van der Waals surface area contributed by atoms with Crippen molar-refractivity contribution in [1.29, 1.82) is 0 Å². The molecule has 2 fully saturated rings. The number of hydrogen-bond acceptors (Lipinski definition) is 8. The van der Waals surface area contributed by atoms with Crippen LogP contribution in [-0.2, 0) is 32.7 Å². The molecule has 0 aromatic carbocycles. The number of likely N-dealkylation sites (tertiary alicyclic amines) is 2. The van der Waals surface area contributed by atoms with E-state index in [4.69, 9.17) is 18.5 Å². The second kappa shape index (κ2) is 18.0. The average Bonchev–Trinajstić information content (AvgIpc) is 3.46. The Bertz CT molecular complexity index is 871. The number of nitrogens with one attached hydrogen (secondary N) is 1. The maximum Gasteiger partial charge on any atom is 0.472 e. The highest BCUT2D eigenvalue weighted by atomic mass is 31.2. The lowest BCUT2D eigenvalue weighted by atomic mass is 10.1. The summed E-state index contributed by atoms with van der Waals surface area (Å²) in [5.74, 6) is 0.561. The van der Waals surface area contributed by atoms with Gasteiger partial charge in [0.1, 0.15) is 0 Å². The molecular formula is C30H58N3O8P. The van der Waals surface area contributed by atoms with Gasteiger partial charge >= 0.3 is 7.82 Å². The molecule has 246 valence electrons. The van der Waals surface area contributed by atoms with Crippen LogP contribution >= 0.6 is 7.82 Å². The lowest BCUT2D eigenvalue weighted by Crippen LogP contribution is -2.40. The van der Waals surface area contributed by atoms with Gasteiger partial charge < -0.3 is 29.5 Å². The first-order chi connectivity index (χ1) is 19.7. The Morgan fingerprint density at radius 2 is 1.45 bits per heavy atom. The van der Waals surface area contributed by atoms with Crippen molar-refractivity contribution in [2.75, 3.05) is 32.8 Å². The highest BCUT2D eigenvalue weighted by Gasteiger charge is 2.41. The molecule has 0 radical (unpaired) electrons. The van der Waals surface area contributed by atoms with Crippen LogP contribution in [0.5, 0.6) is 0 Å². The van der Waals surface area contributed by atoms with Crippen molar-refractivity contribution in [2.24, 2.45) is 5.92 Å². The van der Waals surface area contributed by atoms with E-state index in [2.05, 4.69) is 19.2 Å². The number of ether oxygens (including phenoxy) is 2. The van der Waals surface area contributed by atoms with Crippen LogP contribution in [0.15, 0.2) is 0 Å². The molecule has 0 aliphatic carbocycles. The van der Waals surface area contributed by atoms with Gasteiger partial charge in [0.15, 0.2) is 0 Å². The number of carbonyl (C=O) groups is 2. The lowest BCUT2D eigenvalue weighted by Gasteiger charge is -2.26. The summed E-state index contributed by atoms with van der Waals surface area (Å²) in [5.41, 5.74) is 0. The molecule has 0 bridgehead atoms. The molecule has 2 heterocycles. The zero-order valence-corrected chi connectivity index (χ0v) is 28.1. The molecule has 2 aliphatic rings. The highest BCUT2D eigenvalue weighted by Crippen LogP contribution is 2.47.